The number of fused-ring (bicyclic) bond motifs is 5. The third kappa shape index (κ3) is 3.23. The second-order valence-electron chi connectivity index (χ2n) is 7.84. The van der Waals surface area contributed by atoms with Gasteiger partial charge in [-0.05, 0) is 23.8 Å². The number of aromatic nitrogens is 1. The number of hydrogen-bond acceptors (Lipinski definition) is 5. The Balaban J connectivity index is 1.86. The smallest absolute Gasteiger partial charge is 0.259 e. The van der Waals surface area contributed by atoms with E-state index in [1.807, 2.05) is 48.0 Å². The van der Waals surface area contributed by atoms with Crippen LogP contribution in [0.4, 0.5) is 0 Å². The van der Waals surface area contributed by atoms with E-state index in [4.69, 9.17) is 26.2 Å². The van der Waals surface area contributed by atoms with Gasteiger partial charge >= 0.3 is 0 Å². The zero-order valence-electron chi connectivity index (χ0n) is 18.1. The molecular formula is C25H21ClN2O5. The van der Waals surface area contributed by atoms with Gasteiger partial charge in [0, 0.05) is 47.5 Å². The SMILES string of the molecule is COc1cc2c3c4c(c(-c5ccccc5Cl)cc3n(C)c2cc1OCCCO)C(=O)NC4=O. The minimum absolute atomic E-state index is 0.0265. The molecule has 5 rings (SSSR count). The maximum Gasteiger partial charge on any atom is 0.259 e. The topological polar surface area (TPSA) is 89.8 Å². The second kappa shape index (κ2) is 8.10. The molecular weight excluding hydrogens is 444 g/mol. The van der Waals surface area contributed by atoms with Gasteiger partial charge in [-0.15, -0.1) is 0 Å². The first-order chi connectivity index (χ1) is 16.0. The van der Waals surface area contributed by atoms with Crippen LogP contribution in [-0.4, -0.2) is 41.8 Å². The lowest BCUT2D eigenvalue weighted by Crippen LogP contribution is -2.20. The van der Waals surface area contributed by atoms with Crippen LogP contribution >= 0.6 is 11.6 Å². The predicted octanol–water partition coefficient (Wildman–Crippen LogP) is 4.31. The van der Waals surface area contributed by atoms with Crippen molar-refractivity contribution >= 4 is 45.2 Å². The number of aliphatic hydroxyl groups excluding tert-OH is 1. The van der Waals surface area contributed by atoms with Crippen LogP contribution in [0, 0.1) is 0 Å². The summed E-state index contributed by atoms with van der Waals surface area (Å²) >= 11 is 6.46. The van der Waals surface area contributed by atoms with Gasteiger partial charge in [0.25, 0.3) is 11.8 Å². The highest BCUT2D eigenvalue weighted by Gasteiger charge is 2.34. The Kier molecular flexibility index (Phi) is 5.23. The Morgan fingerprint density at radius 1 is 1.00 bits per heavy atom. The average Bonchev–Trinajstić information content (AvgIpc) is 3.26. The standard InChI is InChI=1S/C25H21ClN2O5/c1-28-17-12-20(33-9-5-8-29)19(32-2)11-15(17)21-18(28)10-14(13-6-3-4-7-16(13)26)22-23(21)25(31)27-24(22)30/h3-4,6-7,10-12,29H,5,8-9H2,1-2H3,(H,27,30,31). The number of methoxy groups -OCH3 is 1. The van der Waals surface area contributed by atoms with Gasteiger partial charge in [-0.2, -0.15) is 0 Å². The Bertz CT molecular complexity index is 1460. The maximum atomic E-state index is 13.0. The fourth-order valence-corrected chi connectivity index (χ4v) is 4.70. The molecule has 0 saturated carbocycles. The number of imide groups is 1. The minimum Gasteiger partial charge on any atom is -0.493 e. The summed E-state index contributed by atoms with van der Waals surface area (Å²) in [6.45, 7) is 0.365. The molecule has 2 amide bonds. The zero-order valence-corrected chi connectivity index (χ0v) is 18.8. The normalized spacial score (nSPS) is 13.0. The number of nitrogens with zero attached hydrogens (tertiary/aromatic N) is 1. The van der Waals surface area contributed by atoms with Gasteiger partial charge in [-0.1, -0.05) is 29.8 Å². The molecule has 168 valence electrons. The number of carbonyl (C=O) groups excluding carboxylic acids is 2. The summed E-state index contributed by atoms with van der Waals surface area (Å²) in [6, 6.07) is 12.8. The van der Waals surface area contributed by atoms with E-state index in [1.165, 1.54) is 0 Å². The van der Waals surface area contributed by atoms with Gasteiger partial charge < -0.3 is 19.1 Å². The fourth-order valence-electron chi connectivity index (χ4n) is 4.46. The number of amides is 2. The van der Waals surface area contributed by atoms with E-state index in [1.54, 1.807) is 13.2 Å². The van der Waals surface area contributed by atoms with Crippen molar-refractivity contribution in [3.05, 3.63) is 58.6 Å². The second-order valence-corrected chi connectivity index (χ2v) is 8.24. The molecule has 3 aromatic carbocycles. The van der Waals surface area contributed by atoms with Gasteiger partial charge in [-0.3, -0.25) is 14.9 Å². The van der Waals surface area contributed by atoms with Crippen LogP contribution in [0.5, 0.6) is 11.5 Å². The molecule has 0 aliphatic carbocycles. The van der Waals surface area contributed by atoms with E-state index < -0.39 is 11.8 Å². The van der Waals surface area contributed by atoms with E-state index in [0.29, 0.717) is 57.2 Å². The monoisotopic (exact) mass is 464 g/mol. The van der Waals surface area contributed by atoms with Crippen molar-refractivity contribution in [2.45, 2.75) is 6.42 Å². The number of carbonyl (C=O) groups is 2. The quantitative estimate of drug-likeness (QED) is 0.328. The van der Waals surface area contributed by atoms with Gasteiger partial charge in [0.2, 0.25) is 0 Å². The van der Waals surface area contributed by atoms with Gasteiger partial charge in [-0.25, -0.2) is 0 Å². The van der Waals surface area contributed by atoms with E-state index in [0.717, 1.165) is 16.4 Å². The molecule has 0 spiro atoms. The first-order valence-electron chi connectivity index (χ1n) is 10.5. The number of aliphatic hydroxyl groups is 1. The average molecular weight is 465 g/mol. The molecule has 0 bridgehead atoms. The van der Waals surface area contributed by atoms with Gasteiger partial charge in [0.1, 0.15) is 0 Å². The first kappa shape index (κ1) is 21.3. The number of nitrogens with one attached hydrogen (secondary N) is 1. The molecule has 4 aromatic rings. The Hall–Kier alpha value is -3.55. The summed E-state index contributed by atoms with van der Waals surface area (Å²) in [5.41, 5.74) is 3.51. The summed E-state index contributed by atoms with van der Waals surface area (Å²) in [6.07, 6.45) is 0.493. The predicted molar refractivity (Wildman–Crippen MR) is 126 cm³/mol. The summed E-state index contributed by atoms with van der Waals surface area (Å²) in [7, 11) is 3.44. The van der Waals surface area contributed by atoms with Crippen LogP contribution in [0.2, 0.25) is 5.02 Å². The van der Waals surface area contributed by atoms with Crippen LogP contribution in [0.25, 0.3) is 32.9 Å². The van der Waals surface area contributed by atoms with Crippen LogP contribution in [0.3, 0.4) is 0 Å². The lowest BCUT2D eigenvalue weighted by atomic mass is 9.93. The Morgan fingerprint density at radius 3 is 2.48 bits per heavy atom. The van der Waals surface area contributed by atoms with Crippen molar-refractivity contribution in [1.29, 1.82) is 0 Å². The third-order valence-corrected chi connectivity index (χ3v) is 6.32. The highest BCUT2D eigenvalue weighted by molar-refractivity contribution is 6.36. The molecule has 1 aliphatic rings. The van der Waals surface area contributed by atoms with Crippen molar-refractivity contribution in [2.75, 3.05) is 20.3 Å². The molecule has 0 fully saturated rings. The number of hydrogen-bond donors (Lipinski definition) is 2. The number of ether oxygens (including phenoxy) is 2. The maximum absolute atomic E-state index is 13.0. The minimum atomic E-state index is -0.445. The van der Waals surface area contributed by atoms with Gasteiger partial charge in [0.05, 0.1) is 35.9 Å². The van der Waals surface area contributed by atoms with Crippen LogP contribution in [0.1, 0.15) is 27.1 Å². The van der Waals surface area contributed by atoms with Crippen molar-refractivity contribution in [3.8, 4) is 22.6 Å². The largest absolute Gasteiger partial charge is 0.493 e. The van der Waals surface area contributed by atoms with E-state index in [2.05, 4.69) is 5.32 Å². The van der Waals surface area contributed by atoms with Crippen LogP contribution in [-0.2, 0) is 7.05 Å². The molecule has 1 aromatic heterocycles. The van der Waals surface area contributed by atoms with Crippen molar-refractivity contribution in [2.24, 2.45) is 7.05 Å². The Labute approximate surface area is 194 Å². The molecule has 0 atom stereocenters. The van der Waals surface area contributed by atoms with Crippen LogP contribution < -0.4 is 14.8 Å². The lowest BCUT2D eigenvalue weighted by Gasteiger charge is -2.11. The Morgan fingerprint density at radius 2 is 1.76 bits per heavy atom. The van der Waals surface area contributed by atoms with Crippen LogP contribution in [0.15, 0.2) is 42.5 Å². The molecule has 0 radical (unpaired) electrons. The molecule has 0 unspecified atom stereocenters. The summed E-state index contributed by atoms with van der Waals surface area (Å²) in [5.74, 6) is 0.151. The molecule has 7 nitrogen and oxygen atoms in total. The number of halogens is 1. The third-order valence-electron chi connectivity index (χ3n) is 5.99. The molecule has 2 N–H and O–H groups in total. The number of benzene rings is 3. The van der Waals surface area contributed by atoms with Crippen molar-refractivity contribution in [1.82, 2.24) is 9.88 Å². The van der Waals surface area contributed by atoms with Crippen molar-refractivity contribution in [3.63, 3.8) is 0 Å². The van der Waals surface area contributed by atoms with E-state index >= 15 is 0 Å². The molecule has 2 heterocycles. The highest BCUT2D eigenvalue weighted by atomic mass is 35.5. The van der Waals surface area contributed by atoms with Gasteiger partial charge in [0.15, 0.2) is 11.5 Å². The summed E-state index contributed by atoms with van der Waals surface area (Å²) in [4.78, 5) is 25.8. The number of rotatable bonds is 6. The molecule has 0 saturated heterocycles. The molecule has 33 heavy (non-hydrogen) atoms. The first-order valence-corrected chi connectivity index (χ1v) is 10.9. The lowest BCUT2D eigenvalue weighted by molar-refractivity contribution is 0.0880. The zero-order chi connectivity index (χ0) is 23.3. The highest BCUT2D eigenvalue weighted by Crippen LogP contribution is 2.44. The fraction of sp³-hybridized carbons (Fsp3) is 0.200. The molecule has 1 aliphatic heterocycles. The summed E-state index contributed by atoms with van der Waals surface area (Å²) < 4.78 is 13.3. The number of aryl methyl sites for hydroxylation is 1. The van der Waals surface area contributed by atoms with E-state index in [-0.39, 0.29) is 6.61 Å². The molecule has 8 heteroatoms. The summed E-state index contributed by atoms with van der Waals surface area (Å²) in [5, 5.41) is 13.4. The van der Waals surface area contributed by atoms with Crippen molar-refractivity contribution < 1.29 is 24.2 Å². The van der Waals surface area contributed by atoms with E-state index in [9.17, 15) is 9.59 Å².